The van der Waals surface area contributed by atoms with Gasteiger partial charge in [-0.15, -0.1) is 0 Å². The maximum atomic E-state index is 14.0. The third kappa shape index (κ3) is 4.09. The molecule has 1 unspecified atom stereocenters. The van der Waals surface area contributed by atoms with Crippen molar-refractivity contribution in [1.82, 2.24) is 0 Å². The van der Waals surface area contributed by atoms with Crippen LogP contribution >= 0.6 is 22.6 Å². The summed E-state index contributed by atoms with van der Waals surface area (Å²) < 4.78 is 38.9. The first-order valence-corrected chi connectivity index (χ1v) is 10.7. The van der Waals surface area contributed by atoms with Gasteiger partial charge in [-0.05, 0) is 39.3 Å². The lowest BCUT2D eigenvalue weighted by molar-refractivity contribution is -0.0532. The van der Waals surface area contributed by atoms with Crippen LogP contribution in [0.15, 0.2) is 91.0 Å². The Morgan fingerprint density at radius 1 is 0.828 bits per heavy atom. The second-order valence-electron chi connectivity index (χ2n) is 7.13. The second kappa shape index (κ2) is 8.50. The van der Waals surface area contributed by atoms with Crippen molar-refractivity contribution < 1.29 is 18.3 Å². The van der Waals surface area contributed by atoms with Crippen LogP contribution in [0.3, 0.4) is 0 Å². The lowest BCUT2D eigenvalue weighted by Crippen LogP contribution is -2.35. The average Bonchev–Trinajstić information content (AvgIpc) is 3.02. The van der Waals surface area contributed by atoms with Crippen LogP contribution in [-0.4, -0.2) is 22.7 Å². The van der Waals surface area contributed by atoms with Gasteiger partial charge in [-0.1, -0.05) is 91.0 Å². The first-order chi connectivity index (χ1) is 14.0. The van der Waals surface area contributed by atoms with Crippen LogP contribution in [0.1, 0.15) is 23.1 Å². The van der Waals surface area contributed by atoms with Gasteiger partial charge in [-0.2, -0.15) is 0 Å². The molecule has 1 saturated heterocycles. The van der Waals surface area contributed by atoms with Crippen molar-refractivity contribution in [2.45, 2.75) is 28.2 Å². The minimum Gasteiger partial charge on any atom is -0.358 e. The standard InChI is InChI=1S/C24H21F2IO2/c25-23(26)16-21(29-22(23)27)17-28-24(18-10-4-1-5-11-18,19-12-6-2-7-13-19)20-14-8-3-9-15-20/h1-15,21-22H,16-17H2/t21-,22?/m1/s1. The molecule has 0 saturated carbocycles. The summed E-state index contributed by atoms with van der Waals surface area (Å²) in [5.41, 5.74) is 1.89. The highest BCUT2D eigenvalue weighted by molar-refractivity contribution is 14.1. The van der Waals surface area contributed by atoms with Crippen molar-refractivity contribution >= 4 is 22.6 Å². The fourth-order valence-corrected chi connectivity index (χ4v) is 4.47. The maximum absolute atomic E-state index is 14.0. The van der Waals surface area contributed by atoms with Gasteiger partial charge in [0.1, 0.15) is 5.60 Å². The molecule has 1 fully saturated rings. The average molecular weight is 506 g/mol. The number of alkyl halides is 3. The minimum atomic E-state index is -2.84. The van der Waals surface area contributed by atoms with Gasteiger partial charge in [0.15, 0.2) is 4.11 Å². The number of ether oxygens (including phenoxy) is 2. The molecule has 0 aromatic heterocycles. The highest BCUT2D eigenvalue weighted by atomic mass is 127. The van der Waals surface area contributed by atoms with Crippen molar-refractivity contribution in [3.63, 3.8) is 0 Å². The van der Waals surface area contributed by atoms with Crippen LogP contribution in [0, 0.1) is 0 Å². The third-order valence-electron chi connectivity index (χ3n) is 5.17. The van der Waals surface area contributed by atoms with E-state index in [1.54, 1.807) is 22.6 Å². The Morgan fingerprint density at radius 2 is 1.24 bits per heavy atom. The van der Waals surface area contributed by atoms with Gasteiger partial charge in [-0.3, -0.25) is 0 Å². The number of rotatable bonds is 6. The van der Waals surface area contributed by atoms with E-state index in [2.05, 4.69) is 0 Å². The first kappa shape index (κ1) is 20.4. The van der Waals surface area contributed by atoms with Gasteiger partial charge in [0.25, 0.3) is 5.92 Å². The molecule has 0 N–H and O–H groups in total. The third-order valence-corrected chi connectivity index (χ3v) is 6.38. The van der Waals surface area contributed by atoms with Crippen molar-refractivity contribution in [2.75, 3.05) is 6.61 Å². The molecule has 0 amide bonds. The molecule has 2 atom stereocenters. The second-order valence-corrected chi connectivity index (χ2v) is 8.26. The molecule has 0 aliphatic carbocycles. The highest BCUT2D eigenvalue weighted by Gasteiger charge is 2.50. The fraction of sp³-hybridized carbons (Fsp3) is 0.250. The van der Waals surface area contributed by atoms with Crippen molar-refractivity contribution in [1.29, 1.82) is 0 Å². The molecule has 29 heavy (non-hydrogen) atoms. The molecule has 1 aliphatic heterocycles. The largest absolute Gasteiger partial charge is 0.358 e. The molecule has 0 spiro atoms. The topological polar surface area (TPSA) is 18.5 Å². The zero-order chi connectivity index (χ0) is 20.3. The van der Waals surface area contributed by atoms with Crippen LogP contribution < -0.4 is 0 Å². The van der Waals surface area contributed by atoms with Crippen LogP contribution in [0.25, 0.3) is 0 Å². The van der Waals surface area contributed by atoms with Crippen LogP contribution in [0.2, 0.25) is 0 Å². The van der Waals surface area contributed by atoms with Gasteiger partial charge in [0.05, 0.1) is 12.7 Å². The Labute approximate surface area is 183 Å². The van der Waals surface area contributed by atoms with Crippen molar-refractivity contribution in [2.24, 2.45) is 0 Å². The molecule has 150 valence electrons. The molecule has 0 radical (unpaired) electrons. The van der Waals surface area contributed by atoms with Crippen LogP contribution in [-0.2, 0) is 15.1 Å². The maximum Gasteiger partial charge on any atom is 0.285 e. The van der Waals surface area contributed by atoms with Crippen LogP contribution in [0.4, 0.5) is 8.78 Å². The summed E-state index contributed by atoms with van der Waals surface area (Å²) in [5, 5.41) is 0. The molecule has 5 heteroatoms. The van der Waals surface area contributed by atoms with E-state index in [-0.39, 0.29) is 13.0 Å². The van der Waals surface area contributed by atoms with Gasteiger partial charge < -0.3 is 9.47 Å². The molecule has 1 heterocycles. The van der Waals surface area contributed by atoms with E-state index in [0.29, 0.717) is 0 Å². The normalized spacial score (nSPS) is 21.2. The quantitative estimate of drug-likeness (QED) is 0.226. The smallest absolute Gasteiger partial charge is 0.285 e. The van der Waals surface area contributed by atoms with E-state index in [4.69, 9.17) is 9.47 Å². The molecule has 1 aliphatic rings. The van der Waals surface area contributed by atoms with Gasteiger partial charge in [0.2, 0.25) is 0 Å². The lowest BCUT2D eigenvalue weighted by atomic mass is 9.80. The zero-order valence-corrected chi connectivity index (χ0v) is 17.8. The number of benzene rings is 3. The fourth-order valence-electron chi connectivity index (χ4n) is 3.80. The summed E-state index contributed by atoms with van der Waals surface area (Å²) in [7, 11) is 0. The van der Waals surface area contributed by atoms with Crippen molar-refractivity contribution in [3.8, 4) is 0 Å². The monoisotopic (exact) mass is 506 g/mol. The molecule has 4 rings (SSSR count). The number of hydrogen-bond acceptors (Lipinski definition) is 2. The molecule has 3 aromatic rings. The summed E-state index contributed by atoms with van der Waals surface area (Å²) >= 11 is 1.66. The van der Waals surface area contributed by atoms with Gasteiger partial charge >= 0.3 is 0 Å². The van der Waals surface area contributed by atoms with E-state index in [1.807, 2.05) is 91.0 Å². The van der Waals surface area contributed by atoms with E-state index in [1.165, 1.54) is 0 Å². The Kier molecular flexibility index (Phi) is 5.99. The number of halogens is 3. The summed E-state index contributed by atoms with van der Waals surface area (Å²) in [6.45, 7) is 0.0633. The van der Waals surface area contributed by atoms with E-state index in [0.717, 1.165) is 16.7 Å². The van der Waals surface area contributed by atoms with Gasteiger partial charge in [-0.25, -0.2) is 8.78 Å². The molecule has 2 nitrogen and oxygen atoms in total. The molecule has 0 bridgehead atoms. The SMILES string of the molecule is FC1(F)C[C@H](COC(c2ccccc2)(c2ccccc2)c2ccccc2)OC1I. The van der Waals surface area contributed by atoms with Gasteiger partial charge in [0, 0.05) is 6.42 Å². The zero-order valence-electron chi connectivity index (χ0n) is 15.7. The van der Waals surface area contributed by atoms with E-state index >= 15 is 0 Å². The van der Waals surface area contributed by atoms with E-state index < -0.39 is 21.7 Å². The Bertz CT molecular complexity index is 823. The Morgan fingerprint density at radius 3 is 1.59 bits per heavy atom. The summed E-state index contributed by atoms with van der Waals surface area (Å²) in [6.07, 6.45) is -1.00. The minimum absolute atomic E-state index is 0.0633. The Balaban J connectivity index is 1.78. The summed E-state index contributed by atoms with van der Waals surface area (Å²) in [4.78, 5) is 0. The number of hydrogen-bond donors (Lipinski definition) is 0. The first-order valence-electron chi connectivity index (χ1n) is 9.50. The molecular formula is C24H21F2IO2. The summed E-state index contributed by atoms with van der Waals surface area (Å²) in [5.74, 6) is -2.84. The van der Waals surface area contributed by atoms with Crippen molar-refractivity contribution in [3.05, 3.63) is 108 Å². The molecule has 3 aromatic carbocycles. The van der Waals surface area contributed by atoms with E-state index in [9.17, 15) is 8.78 Å². The Hall–Kier alpha value is -1.83. The summed E-state index contributed by atoms with van der Waals surface area (Å²) in [6, 6.07) is 29.6. The predicted octanol–water partition coefficient (Wildman–Crippen LogP) is 6.18. The predicted molar refractivity (Wildman–Crippen MR) is 117 cm³/mol. The highest BCUT2D eigenvalue weighted by Crippen LogP contribution is 2.43. The molecular weight excluding hydrogens is 485 g/mol. The van der Waals surface area contributed by atoms with Crippen LogP contribution in [0.5, 0.6) is 0 Å². The lowest BCUT2D eigenvalue weighted by Gasteiger charge is -2.36.